The van der Waals surface area contributed by atoms with Gasteiger partial charge in [-0.15, -0.1) is 0 Å². The van der Waals surface area contributed by atoms with Crippen molar-refractivity contribution in [2.45, 2.75) is 70.5 Å². The first kappa shape index (κ1) is 17.5. The Balaban J connectivity index is 1.72. The van der Waals surface area contributed by atoms with E-state index in [4.69, 9.17) is 5.73 Å². The molecule has 7 N–H and O–H groups in total. The van der Waals surface area contributed by atoms with Crippen LogP contribution < -0.4 is 32.3 Å². The van der Waals surface area contributed by atoms with E-state index in [2.05, 4.69) is 40.4 Å². The summed E-state index contributed by atoms with van der Waals surface area (Å²) in [6.45, 7) is 5.78. The fraction of sp³-hybridized carbons (Fsp3) is 0.933. The smallest absolute Gasteiger partial charge is 0.317 e. The summed E-state index contributed by atoms with van der Waals surface area (Å²) in [5.74, 6) is 0.790. The van der Waals surface area contributed by atoms with Crippen LogP contribution in [0.3, 0.4) is 0 Å². The minimum Gasteiger partial charge on any atom is -0.335 e. The van der Waals surface area contributed by atoms with Gasteiger partial charge in [-0.25, -0.2) is 4.79 Å². The molecule has 7 nitrogen and oxygen atoms in total. The van der Waals surface area contributed by atoms with Gasteiger partial charge in [0.25, 0.3) is 0 Å². The van der Waals surface area contributed by atoms with Crippen LogP contribution in [0.5, 0.6) is 0 Å². The van der Waals surface area contributed by atoms with Crippen molar-refractivity contribution >= 4 is 6.03 Å². The van der Waals surface area contributed by atoms with Gasteiger partial charge in [-0.05, 0) is 44.9 Å². The molecule has 2 fully saturated rings. The minimum absolute atomic E-state index is 0.101. The molecule has 128 valence electrons. The van der Waals surface area contributed by atoms with Gasteiger partial charge in [0.15, 0.2) is 0 Å². The van der Waals surface area contributed by atoms with E-state index in [0.29, 0.717) is 18.6 Å². The van der Waals surface area contributed by atoms with E-state index in [1.807, 2.05) is 0 Å². The molecule has 3 unspecified atom stereocenters. The lowest BCUT2D eigenvalue weighted by atomic mass is 9.87. The molecule has 0 aromatic rings. The van der Waals surface area contributed by atoms with Crippen LogP contribution in [0, 0.1) is 5.92 Å². The highest BCUT2D eigenvalue weighted by molar-refractivity contribution is 5.74. The molecule has 3 atom stereocenters. The number of rotatable bonds is 5. The summed E-state index contributed by atoms with van der Waals surface area (Å²) in [6.07, 6.45) is 5.47. The Morgan fingerprint density at radius 3 is 2.55 bits per heavy atom. The van der Waals surface area contributed by atoms with E-state index in [0.717, 1.165) is 31.7 Å². The number of hydrogen-bond donors (Lipinski definition) is 6. The van der Waals surface area contributed by atoms with Gasteiger partial charge in [0.1, 0.15) is 6.29 Å². The first-order valence-corrected chi connectivity index (χ1v) is 8.59. The normalized spacial score (nSPS) is 35.9. The maximum atomic E-state index is 12.1. The van der Waals surface area contributed by atoms with Crippen LogP contribution >= 0.6 is 0 Å². The average Bonchev–Trinajstić information content (AvgIpc) is 2.47. The molecule has 0 aromatic carbocycles. The van der Waals surface area contributed by atoms with Crippen molar-refractivity contribution in [3.05, 3.63) is 0 Å². The van der Waals surface area contributed by atoms with E-state index in [1.165, 1.54) is 12.8 Å². The van der Waals surface area contributed by atoms with Gasteiger partial charge < -0.3 is 21.7 Å². The van der Waals surface area contributed by atoms with E-state index < -0.39 is 0 Å². The molecule has 1 heterocycles. The zero-order valence-corrected chi connectivity index (χ0v) is 13.8. The molecule has 7 heteroatoms. The number of hydrogen-bond acceptors (Lipinski definition) is 5. The van der Waals surface area contributed by atoms with Gasteiger partial charge in [-0.2, -0.15) is 0 Å². The quantitative estimate of drug-likeness (QED) is 0.429. The van der Waals surface area contributed by atoms with Gasteiger partial charge >= 0.3 is 6.03 Å². The third-order valence-corrected chi connectivity index (χ3v) is 4.57. The summed E-state index contributed by atoms with van der Waals surface area (Å²) in [6, 6.07) is 0.539. The third kappa shape index (κ3) is 5.72. The predicted molar refractivity (Wildman–Crippen MR) is 88.1 cm³/mol. The molecule has 0 spiro atoms. The monoisotopic (exact) mass is 312 g/mol. The predicted octanol–water partition coefficient (Wildman–Crippen LogP) is -0.00630. The van der Waals surface area contributed by atoms with Crippen LogP contribution in [0.15, 0.2) is 0 Å². The number of carbonyl (C=O) groups is 1. The summed E-state index contributed by atoms with van der Waals surface area (Å²) in [5, 5.41) is 16.1. The Kier molecular flexibility index (Phi) is 6.88. The second-order valence-corrected chi connectivity index (χ2v) is 6.77. The number of carbonyl (C=O) groups excluding carboxylic acids is 1. The summed E-state index contributed by atoms with van der Waals surface area (Å²) < 4.78 is 0. The van der Waals surface area contributed by atoms with Crippen molar-refractivity contribution in [1.29, 1.82) is 0 Å². The number of amides is 2. The van der Waals surface area contributed by atoms with Crippen molar-refractivity contribution in [2.24, 2.45) is 11.7 Å². The van der Waals surface area contributed by atoms with E-state index >= 15 is 0 Å². The highest BCUT2D eigenvalue weighted by Crippen LogP contribution is 2.23. The molecule has 2 aliphatic rings. The Bertz CT molecular complexity index is 345. The standard InChI is InChI=1S/C15H32N6O/c1-10-3-5-12(6-4-10)19-15(22)21-14-18-11(2)9-13(20-14)17-8-7-16/h10-14,17-18,20H,3-9,16H2,1-2H3,(H2,19,21,22). The second kappa shape index (κ2) is 8.67. The molecule has 22 heavy (non-hydrogen) atoms. The molecule has 0 bridgehead atoms. The molecular weight excluding hydrogens is 280 g/mol. The Morgan fingerprint density at radius 2 is 1.86 bits per heavy atom. The lowest BCUT2D eigenvalue weighted by Crippen LogP contribution is -2.68. The first-order chi connectivity index (χ1) is 10.6. The summed E-state index contributed by atoms with van der Waals surface area (Å²) >= 11 is 0. The van der Waals surface area contributed by atoms with Crippen molar-refractivity contribution in [1.82, 2.24) is 26.6 Å². The number of nitrogens with one attached hydrogen (secondary N) is 5. The van der Waals surface area contributed by atoms with Crippen LogP contribution in [-0.4, -0.2) is 43.7 Å². The molecule has 1 aliphatic carbocycles. The Morgan fingerprint density at radius 1 is 1.14 bits per heavy atom. The van der Waals surface area contributed by atoms with Crippen LogP contribution in [-0.2, 0) is 0 Å². The minimum atomic E-state index is -0.221. The Labute approximate surface area is 133 Å². The molecule has 1 saturated heterocycles. The molecule has 0 aromatic heterocycles. The van der Waals surface area contributed by atoms with Gasteiger partial charge in [0.05, 0.1) is 6.17 Å². The van der Waals surface area contributed by atoms with Gasteiger partial charge in [-0.3, -0.25) is 10.6 Å². The van der Waals surface area contributed by atoms with Gasteiger partial charge in [0, 0.05) is 25.2 Å². The molecule has 2 rings (SSSR count). The highest BCUT2D eigenvalue weighted by Gasteiger charge is 2.26. The SMILES string of the molecule is CC1CCC(NC(=O)NC2NC(C)CC(NCCN)N2)CC1. The summed E-state index contributed by atoms with van der Waals surface area (Å²) in [4.78, 5) is 12.1. The van der Waals surface area contributed by atoms with Crippen molar-refractivity contribution < 1.29 is 4.79 Å². The second-order valence-electron chi connectivity index (χ2n) is 6.77. The van der Waals surface area contributed by atoms with Crippen LogP contribution in [0.25, 0.3) is 0 Å². The maximum absolute atomic E-state index is 12.1. The fourth-order valence-electron chi connectivity index (χ4n) is 3.27. The summed E-state index contributed by atoms with van der Waals surface area (Å²) in [7, 11) is 0. The average molecular weight is 312 g/mol. The van der Waals surface area contributed by atoms with Crippen LogP contribution in [0.1, 0.15) is 46.0 Å². The number of nitrogens with two attached hydrogens (primary N) is 1. The summed E-state index contributed by atoms with van der Waals surface area (Å²) in [5.41, 5.74) is 5.52. The third-order valence-electron chi connectivity index (χ3n) is 4.57. The van der Waals surface area contributed by atoms with E-state index in [1.54, 1.807) is 0 Å². The zero-order valence-electron chi connectivity index (χ0n) is 13.8. The van der Waals surface area contributed by atoms with Crippen molar-refractivity contribution in [3.8, 4) is 0 Å². The molecular formula is C15H32N6O. The van der Waals surface area contributed by atoms with Crippen molar-refractivity contribution in [2.75, 3.05) is 13.1 Å². The number of urea groups is 1. The zero-order chi connectivity index (χ0) is 15.9. The van der Waals surface area contributed by atoms with Gasteiger partial charge in [0.2, 0.25) is 0 Å². The lowest BCUT2D eigenvalue weighted by molar-refractivity contribution is 0.184. The lowest BCUT2D eigenvalue weighted by Gasteiger charge is -2.37. The van der Waals surface area contributed by atoms with Crippen LogP contribution in [0.4, 0.5) is 4.79 Å². The first-order valence-electron chi connectivity index (χ1n) is 8.59. The largest absolute Gasteiger partial charge is 0.335 e. The van der Waals surface area contributed by atoms with E-state index in [-0.39, 0.29) is 18.5 Å². The Hall–Kier alpha value is -0.890. The topological polar surface area (TPSA) is 103 Å². The van der Waals surface area contributed by atoms with Crippen LogP contribution in [0.2, 0.25) is 0 Å². The van der Waals surface area contributed by atoms with E-state index in [9.17, 15) is 4.79 Å². The maximum Gasteiger partial charge on any atom is 0.317 e. The molecule has 1 aliphatic heterocycles. The van der Waals surface area contributed by atoms with Crippen molar-refractivity contribution in [3.63, 3.8) is 0 Å². The molecule has 2 amide bonds. The fourth-order valence-corrected chi connectivity index (χ4v) is 3.27. The highest BCUT2D eigenvalue weighted by atomic mass is 16.2. The molecule has 1 saturated carbocycles. The molecule has 0 radical (unpaired) electrons. The van der Waals surface area contributed by atoms with Gasteiger partial charge in [-0.1, -0.05) is 6.92 Å².